The number of carboxylic acid groups (broad SMARTS) is 1. The molecule has 0 bridgehead atoms. The number of nitrogens with zero attached hydrogens (tertiary/aromatic N) is 6. The Hall–Kier alpha value is -3.95. The molecule has 1 fully saturated rings. The first-order valence-corrected chi connectivity index (χ1v) is 13.0. The van der Waals surface area contributed by atoms with E-state index in [1.165, 1.54) is 4.90 Å². The van der Waals surface area contributed by atoms with Crippen molar-refractivity contribution in [2.24, 2.45) is 0 Å². The van der Waals surface area contributed by atoms with Gasteiger partial charge < -0.3 is 20.2 Å². The zero-order valence-electron chi connectivity index (χ0n) is 22.8. The van der Waals surface area contributed by atoms with Crippen LogP contribution in [0.5, 0.6) is 0 Å². The standard InChI is InChI=1S/C28H37N7O3/c1-19-14-20(9-10-21(19)15-30-26(36)24-18-35(32-31-24)28(2,3)4)23-11-12-29-16-25(23)34-13-7-6-8-22(17-34)33(5)27(37)38/h9-12,14,16,18,22H,6-8,13,15,17H2,1-5H3,(H,30,36)(H,37,38). The number of hydrogen-bond donors (Lipinski definition) is 2. The third-order valence-corrected chi connectivity index (χ3v) is 7.14. The Balaban J connectivity index is 1.50. The largest absolute Gasteiger partial charge is 0.465 e. The molecule has 2 N–H and O–H groups in total. The molecular weight excluding hydrogens is 482 g/mol. The van der Waals surface area contributed by atoms with Gasteiger partial charge in [0.1, 0.15) is 0 Å². The molecule has 1 unspecified atom stereocenters. The number of hydrogen-bond acceptors (Lipinski definition) is 6. The van der Waals surface area contributed by atoms with Crippen molar-refractivity contribution in [2.45, 2.75) is 65.1 Å². The fourth-order valence-corrected chi connectivity index (χ4v) is 4.72. The molecule has 3 aromatic rings. The van der Waals surface area contributed by atoms with E-state index >= 15 is 0 Å². The second kappa shape index (κ2) is 11.2. The van der Waals surface area contributed by atoms with E-state index < -0.39 is 6.09 Å². The van der Waals surface area contributed by atoms with Gasteiger partial charge in [-0.15, -0.1) is 5.10 Å². The van der Waals surface area contributed by atoms with Crippen molar-refractivity contribution in [3.63, 3.8) is 0 Å². The van der Waals surface area contributed by atoms with Gasteiger partial charge in [-0.05, 0) is 69.7 Å². The van der Waals surface area contributed by atoms with Crippen LogP contribution in [0.3, 0.4) is 0 Å². The molecule has 1 aliphatic rings. The minimum atomic E-state index is -0.902. The molecule has 3 heterocycles. The summed E-state index contributed by atoms with van der Waals surface area (Å²) in [6.45, 7) is 9.90. The van der Waals surface area contributed by atoms with Crippen molar-refractivity contribution in [3.05, 3.63) is 59.7 Å². The van der Waals surface area contributed by atoms with Crippen LogP contribution in [0.1, 0.15) is 61.6 Å². The second-order valence-corrected chi connectivity index (χ2v) is 10.9. The number of aryl methyl sites for hydroxylation is 1. The summed E-state index contributed by atoms with van der Waals surface area (Å²) in [5.41, 5.74) is 5.22. The number of likely N-dealkylation sites (N-methyl/N-ethyl adjacent to an activating group) is 1. The highest BCUT2D eigenvalue weighted by atomic mass is 16.4. The molecule has 1 atom stereocenters. The van der Waals surface area contributed by atoms with Gasteiger partial charge in [-0.1, -0.05) is 23.4 Å². The van der Waals surface area contributed by atoms with E-state index in [9.17, 15) is 14.7 Å². The topological polar surface area (TPSA) is 116 Å². The molecule has 0 saturated carbocycles. The van der Waals surface area contributed by atoms with Gasteiger partial charge in [-0.2, -0.15) is 0 Å². The molecule has 4 rings (SSSR count). The first kappa shape index (κ1) is 27.1. The summed E-state index contributed by atoms with van der Waals surface area (Å²) >= 11 is 0. The Labute approximate surface area is 223 Å². The molecule has 2 amide bonds. The maximum Gasteiger partial charge on any atom is 0.407 e. The number of anilines is 1. The Bertz CT molecular complexity index is 1300. The predicted molar refractivity (Wildman–Crippen MR) is 146 cm³/mol. The first-order valence-electron chi connectivity index (χ1n) is 13.0. The molecule has 38 heavy (non-hydrogen) atoms. The van der Waals surface area contributed by atoms with Crippen LogP contribution in [0.2, 0.25) is 0 Å². The number of benzene rings is 1. The normalized spacial score (nSPS) is 16.1. The Kier molecular flexibility index (Phi) is 7.99. The minimum Gasteiger partial charge on any atom is -0.465 e. The molecular formula is C28H37N7O3. The van der Waals surface area contributed by atoms with Crippen LogP contribution in [0.4, 0.5) is 10.5 Å². The number of amides is 2. The van der Waals surface area contributed by atoms with E-state index in [0.717, 1.165) is 53.7 Å². The lowest BCUT2D eigenvalue weighted by Gasteiger charge is -2.31. The van der Waals surface area contributed by atoms with Crippen molar-refractivity contribution in [2.75, 3.05) is 25.0 Å². The van der Waals surface area contributed by atoms with Crippen LogP contribution in [-0.2, 0) is 12.1 Å². The number of nitrogens with one attached hydrogen (secondary N) is 1. The third-order valence-electron chi connectivity index (χ3n) is 7.14. The summed E-state index contributed by atoms with van der Waals surface area (Å²) in [5.74, 6) is -0.262. The van der Waals surface area contributed by atoms with Crippen LogP contribution in [0.15, 0.2) is 42.9 Å². The van der Waals surface area contributed by atoms with Crippen molar-refractivity contribution < 1.29 is 14.7 Å². The SMILES string of the molecule is Cc1cc(-c2ccncc2N2CCCCC(N(C)C(=O)O)C2)ccc1CNC(=O)c1cn(C(C)(C)C)nn1. The summed E-state index contributed by atoms with van der Waals surface area (Å²) in [6.07, 6.45) is 7.25. The van der Waals surface area contributed by atoms with E-state index in [-0.39, 0.29) is 17.5 Å². The van der Waals surface area contributed by atoms with Gasteiger partial charge in [0.05, 0.1) is 29.7 Å². The molecule has 10 nitrogen and oxygen atoms in total. The zero-order chi connectivity index (χ0) is 27.4. The molecule has 10 heteroatoms. The maximum absolute atomic E-state index is 12.6. The summed E-state index contributed by atoms with van der Waals surface area (Å²) in [7, 11) is 1.65. The van der Waals surface area contributed by atoms with Gasteiger partial charge in [-0.3, -0.25) is 9.78 Å². The highest BCUT2D eigenvalue weighted by molar-refractivity contribution is 5.91. The van der Waals surface area contributed by atoms with Crippen LogP contribution in [-0.4, -0.2) is 68.2 Å². The fourth-order valence-electron chi connectivity index (χ4n) is 4.72. The second-order valence-electron chi connectivity index (χ2n) is 10.9. The summed E-state index contributed by atoms with van der Waals surface area (Å²) in [5, 5.41) is 20.5. The summed E-state index contributed by atoms with van der Waals surface area (Å²) < 4.78 is 1.68. The van der Waals surface area contributed by atoms with Gasteiger partial charge in [0.25, 0.3) is 5.91 Å². The number of carbonyl (C=O) groups is 2. The highest BCUT2D eigenvalue weighted by Gasteiger charge is 2.26. The molecule has 2 aromatic heterocycles. The van der Waals surface area contributed by atoms with Crippen molar-refractivity contribution in [1.82, 2.24) is 30.2 Å². The lowest BCUT2D eigenvalue weighted by atomic mass is 9.99. The maximum atomic E-state index is 12.6. The zero-order valence-corrected chi connectivity index (χ0v) is 22.8. The van der Waals surface area contributed by atoms with E-state index in [1.807, 2.05) is 46.0 Å². The molecule has 0 spiro atoms. The lowest BCUT2D eigenvalue weighted by Crippen LogP contribution is -2.43. The molecule has 0 radical (unpaired) electrons. The Morgan fingerprint density at radius 3 is 2.68 bits per heavy atom. The van der Waals surface area contributed by atoms with Crippen molar-refractivity contribution in [3.8, 4) is 11.1 Å². The Morgan fingerprint density at radius 2 is 2.00 bits per heavy atom. The van der Waals surface area contributed by atoms with Crippen LogP contribution in [0, 0.1) is 6.92 Å². The van der Waals surface area contributed by atoms with E-state index in [4.69, 9.17) is 0 Å². The third kappa shape index (κ3) is 6.12. The average molecular weight is 520 g/mol. The number of carbonyl (C=O) groups excluding carboxylic acids is 1. The molecule has 1 aliphatic heterocycles. The quantitative estimate of drug-likeness (QED) is 0.499. The highest BCUT2D eigenvalue weighted by Crippen LogP contribution is 2.33. The molecule has 1 saturated heterocycles. The first-order chi connectivity index (χ1) is 18.0. The molecule has 0 aliphatic carbocycles. The number of aromatic nitrogens is 4. The number of rotatable bonds is 6. The van der Waals surface area contributed by atoms with E-state index in [0.29, 0.717) is 18.8 Å². The molecule has 1 aromatic carbocycles. The summed E-state index contributed by atoms with van der Waals surface area (Å²) in [4.78, 5) is 32.3. The summed E-state index contributed by atoms with van der Waals surface area (Å²) in [6, 6.07) is 8.15. The van der Waals surface area contributed by atoms with Crippen LogP contribution in [0.25, 0.3) is 11.1 Å². The van der Waals surface area contributed by atoms with Crippen LogP contribution < -0.4 is 10.2 Å². The van der Waals surface area contributed by atoms with E-state index in [1.54, 1.807) is 24.1 Å². The van der Waals surface area contributed by atoms with Gasteiger partial charge in [0, 0.05) is 38.4 Å². The van der Waals surface area contributed by atoms with Crippen LogP contribution >= 0.6 is 0 Å². The Morgan fingerprint density at radius 1 is 1.21 bits per heavy atom. The van der Waals surface area contributed by atoms with Crippen molar-refractivity contribution >= 4 is 17.7 Å². The minimum absolute atomic E-state index is 0.0687. The van der Waals surface area contributed by atoms with Gasteiger partial charge in [0.15, 0.2) is 5.69 Å². The fraction of sp³-hybridized carbons (Fsp3) is 0.464. The van der Waals surface area contributed by atoms with Gasteiger partial charge >= 0.3 is 6.09 Å². The molecule has 202 valence electrons. The van der Waals surface area contributed by atoms with Gasteiger partial charge in [0.2, 0.25) is 0 Å². The van der Waals surface area contributed by atoms with Gasteiger partial charge in [-0.25, -0.2) is 9.48 Å². The van der Waals surface area contributed by atoms with E-state index in [2.05, 4.69) is 37.6 Å². The monoisotopic (exact) mass is 519 g/mol. The average Bonchev–Trinajstić information content (AvgIpc) is 3.27. The smallest absolute Gasteiger partial charge is 0.407 e. The van der Waals surface area contributed by atoms with Crippen molar-refractivity contribution in [1.29, 1.82) is 0 Å². The number of pyridine rings is 1. The lowest BCUT2D eigenvalue weighted by molar-refractivity contribution is 0.0945. The predicted octanol–water partition coefficient (Wildman–Crippen LogP) is 4.30.